The molecule has 4 rings (SSSR count). The van der Waals surface area contributed by atoms with Crippen LogP contribution in [0.4, 0.5) is 11.4 Å². The number of ether oxygens (including phenoxy) is 1. The SMILES string of the molecule is O=C(/C=C/c1cccc([N+](=O)[O-])c1)Oc1ccc(Br)cc1C=NNC(=O)c1cccc(NC(=O)c2ccco2)c1. The molecule has 2 N–H and O–H groups in total. The highest BCUT2D eigenvalue weighted by Crippen LogP contribution is 2.22. The van der Waals surface area contributed by atoms with Gasteiger partial charge in [0.1, 0.15) is 5.75 Å². The van der Waals surface area contributed by atoms with Gasteiger partial charge in [0.25, 0.3) is 17.5 Å². The van der Waals surface area contributed by atoms with Crippen LogP contribution in [0.15, 0.2) is 105 Å². The zero-order valence-electron chi connectivity index (χ0n) is 20.4. The summed E-state index contributed by atoms with van der Waals surface area (Å²) >= 11 is 3.34. The molecule has 1 aromatic heterocycles. The van der Waals surface area contributed by atoms with E-state index in [4.69, 9.17) is 9.15 Å². The van der Waals surface area contributed by atoms with Gasteiger partial charge < -0.3 is 14.5 Å². The molecule has 0 unspecified atom stereocenters. The number of benzene rings is 3. The highest BCUT2D eigenvalue weighted by atomic mass is 79.9. The third kappa shape index (κ3) is 7.58. The zero-order valence-corrected chi connectivity index (χ0v) is 22.0. The van der Waals surface area contributed by atoms with Gasteiger partial charge in [-0.1, -0.05) is 34.1 Å². The molecule has 11 nitrogen and oxygen atoms in total. The molecular weight excluding hydrogens is 584 g/mol. The second-order valence-corrected chi connectivity index (χ2v) is 8.92. The average molecular weight is 603 g/mol. The lowest BCUT2D eigenvalue weighted by molar-refractivity contribution is -0.384. The van der Waals surface area contributed by atoms with Crippen LogP contribution in [-0.2, 0) is 4.79 Å². The van der Waals surface area contributed by atoms with Crippen LogP contribution in [0.2, 0.25) is 0 Å². The molecule has 200 valence electrons. The molecule has 0 saturated carbocycles. The van der Waals surface area contributed by atoms with Crippen LogP contribution in [0.1, 0.15) is 32.0 Å². The number of esters is 1. The summed E-state index contributed by atoms with van der Waals surface area (Å²) in [6.45, 7) is 0. The number of nitrogens with one attached hydrogen (secondary N) is 2. The van der Waals surface area contributed by atoms with Crippen molar-refractivity contribution in [3.8, 4) is 5.75 Å². The van der Waals surface area contributed by atoms with Crippen molar-refractivity contribution in [2.24, 2.45) is 5.10 Å². The number of rotatable bonds is 9. The number of carbonyl (C=O) groups is 3. The Morgan fingerprint density at radius 1 is 0.975 bits per heavy atom. The van der Waals surface area contributed by atoms with Crippen LogP contribution in [-0.4, -0.2) is 28.9 Å². The van der Waals surface area contributed by atoms with E-state index in [-0.39, 0.29) is 22.8 Å². The summed E-state index contributed by atoms with van der Waals surface area (Å²) in [4.78, 5) is 47.6. The number of hydrogen-bond acceptors (Lipinski definition) is 8. The van der Waals surface area contributed by atoms with Gasteiger partial charge in [-0.15, -0.1) is 0 Å². The highest BCUT2D eigenvalue weighted by molar-refractivity contribution is 9.10. The van der Waals surface area contributed by atoms with Crippen LogP contribution in [0.25, 0.3) is 6.08 Å². The predicted octanol–water partition coefficient (Wildman–Crippen LogP) is 5.59. The van der Waals surface area contributed by atoms with E-state index >= 15 is 0 Å². The van der Waals surface area contributed by atoms with Gasteiger partial charge in [0, 0.05) is 39.5 Å². The molecule has 1 heterocycles. The fourth-order valence-electron chi connectivity index (χ4n) is 3.33. The Bertz CT molecular complexity index is 1630. The summed E-state index contributed by atoms with van der Waals surface area (Å²) in [5.41, 5.74) is 3.75. The Hall–Kier alpha value is -5.36. The molecule has 0 fully saturated rings. The number of anilines is 1. The third-order valence-corrected chi connectivity index (χ3v) is 5.67. The first-order chi connectivity index (χ1) is 19.3. The minimum Gasteiger partial charge on any atom is -0.459 e. The monoisotopic (exact) mass is 602 g/mol. The molecule has 4 aromatic rings. The summed E-state index contributed by atoms with van der Waals surface area (Å²) in [6, 6.07) is 20.0. The number of halogens is 1. The summed E-state index contributed by atoms with van der Waals surface area (Å²) in [7, 11) is 0. The number of nitro groups is 1. The zero-order chi connectivity index (χ0) is 28.5. The summed E-state index contributed by atoms with van der Waals surface area (Å²) < 4.78 is 11.1. The largest absolute Gasteiger partial charge is 0.459 e. The van der Waals surface area contributed by atoms with E-state index in [1.807, 2.05) is 0 Å². The van der Waals surface area contributed by atoms with Gasteiger partial charge >= 0.3 is 5.97 Å². The highest BCUT2D eigenvalue weighted by Gasteiger charge is 2.12. The molecule has 2 amide bonds. The maximum atomic E-state index is 12.6. The Kier molecular flexibility index (Phi) is 8.95. The van der Waals surface area contributed by atoms with Gasteiger partial charge in [0.15, 0.2) is 5.76 Å². The standard InChI is InChI=1S/C28H19BrN4O7/c29-21-10-11-24(40-26(34)12-9-18-4-1-7-23(14-18)33(37)38)20(15-21)17-30-32-27(35)19-5-2-6-22(16-19)31-28(36)25-8-3-13-39-25/h1-17H,(H,31,36)(H,32,35)/b12-9+,30-17?. The van der Waals surface area contributed by atoms with Gasteiger partial charge in [-0.2, -0.15) is 5.10 Å². The minimum atomic E-state index is -0.721. The fourth-order valence-corrected chi connectivity index (χ4v) is 3.70. The quantitative estimate of drug-likeness (QED) is 0.0632. The van der Waals surface area contributed by atoms with Crippen LogP contribution >= 0.6 is 15.9 Å². The van der Waals surface area contributed by atoms with E-state index in [9.17, 15) is 24.5 Å². The topological polar surface area (TPSA) is 153 Å². The van der Waals surface area contributed by atoms with Crippen molar-refractivity contribution in [3.63, 3.8) is 0 Å². The van der Waals surface area contributed by atoms with E-state index in [0.29, 0.717) is 21.3 Å². The second kappa shape index (κ2) is 12.9. The lowest BCUT2D eigenvalue weighted by atomic mass is 10.2. The molecule has 0 aliphatic rings. The van der Waals surface area contributed by atoms with Crippen molar-refractivity contribution in [1.29, 1.82) is 0 Å². The normalized spacial score (nSPS) is 10.9. The smallest absolute Gasteiger partial charge is 0.336 e. The van der Waals surface area contributed by atoms with E-state index in [2.05, 4.69) is 31.8 Å². The summed E-state index contributed by atoms with van der Waals surface area (Å²) in [6.07, 6.45) is 5.22. The number of carbonyl (C=O) groups excluding carboxylic acids is 3. The van der Waals surface area contributed by atoms with Gasteiger partial charge in [-0.05, 0) is 60.2 Å². The predicted molar refractivity (Wildman–Crippen MR) is 150 cm³/mol. The molecule has 0 bridgehead atoms. The van der Waals surface area contributed by atoms with E-state index < -0.39 is 22.7 Å². The molecular formula is C28H19BrN4O7. The average Bonchev–Trinajstić information content (AvgIpc) is 3.49. The molecule has 12 heteroatoms. The van der Waals surface area contributed by atoms with Crippen LogP contribution in [0.3, 0.4) is 0 Å². The van der Waals surface area contributed by atoms with Crippen molar-refractivity contribution >= 4 is 57.4 Å². The first-order valence-corrected chi connectivity index (χ1v) is 12.3. The molecule has 40 heavy (non-hydrogen) atoms. The number of amides is 2. The number of nitrogens with zero attached hydrogens (tertiary/aromatic N) is 2. The summed E-state index contributed by atoms with van der Waals surface area (Å²) in [5.74, 6) is -1.43. The van der Waals surface area contributed by atoms with Crippen LogP contribution in [0.5, 0.6) is 5.75 Å². The van der Waals surface area contributed by atoms with Crippen molar-refractivity contribution in [1.82, 2.24) is 5.43 Å². The van der Waals surface area contributed by atoms with Gasteiger partial charge in [-0.3, -0.25) is 19.7 Å². The van der Waals surface area contributed by atoms with Gasteiger partial charge in [-0.25, -0.2) is 10.2 Å². The molecule has 0 spiro atoms. The number of nitro benzene ring substituents is 1. The second-order valence-electron chi connectivity index (χ2n) is 8.00. The van der Waals surface area contributed by atoms with E-state index in [1.165, 1.54) is 55.0 Å². The molecule has 0 aliphatic heterocycles. The maximum absolute atomic E-state index is 12.6. The third-order valence-electron chi connectivity index (χ3n) is 5.17. The Morgan fingerprint density at radius 3 is 2.58 bits per heavy atom. The summed E-state index contributed by atoms with van der Waals surface area (Å²) in [5, 5.41) is 17.5. The molecule has 0 radical (unpaired) electrons. The Morgan fingerprint density at radius 2 is 1.80 bits per heavy atom. The van der Waals surface area contributed by atoms with Gasteiger partial charge in [0.2, 0.25) is 0 Å². The lowest BCUT2D eigenvalue weighted by Crippen LogP contribution is -2.18. The molecule has 3 aromatic carbocycles. The lowest BCUT2D eigenvalue weighted by Gasteiger charge is -2.07. The van der Waals surface area contributed by atoms with Crippen molar-refractivity contribution in [2.45, 2.75) is 0 Å². The molecule has 0 atom stereocenters. The first kappa shape index (κ1) is 27.7. The van der Waals surface area contributed by atoms with Crippen molar-refractivity contribution in [2.75, 3.05) is 5.32 Å². The molecule has 0 saturated heterocycles. The Labute approximate surface area is 235 Å². The van der Waals surface area contributed by atoms with Crippen molar-refractivity contribution in [3.05, 3.63) is 128 Å². The van der Waals surface area contributed by atoms with Crippen LogP contribution < -0.4 is 15.5 Å². The molecule has 0 aliphatic carbocycles. The first-order valence-electron chi connectivity index (χ1n) is 11.5. The number of non-ortho nitro benzene ring substituents is 1. The number of hydrogen-bond donors (Lipinski definition) is 2. The number of hydrazone groups is 1. The maximum Gasteiger partial charge on any atom is 0.336 e. The number of furan rings is 1. The fraction of sp³-hybridized carbons (Fsp3) is 0. The van der Waals surface area contributed by atoms with Crippen molar-refractivity contribution < 1.29 is 28.5 Å². The van der Waals surface area contributed by atoms with Gasteiger partial charge in [0.05, 0.1) is 17.4 Å². The van der Waals surface area contributed by atoms with Crippen LogP contribution in [0, 0.1) is 10.1 Å². The van der Waals surface area contributed by atoms with E-state index in [1.54, 1.807) is 42.5 Å². The Balaban J connectivity index is 1.40. The minimum absolute atomic E-state index is 0.102. The van der Waals surface area contributed by atoms with E-state index in [0.717, 1.165) is 6.08 Å².